The number of nitrogens with zero attached hydrogens (tertiary/aromatic N) is 10. The highest BCUT2D eigenvalue weighted by Crippen LogP contribution is 2.46. The molecule has 0 amide bonds. The fraction of sp³-hybridized carbons (Fsp3) is 0. The highest BCUT2D eigenvalue weighted by molar-refractivity contribution is 6.28. The molecule has 18 rings (SSSR count). The van der Waals surface area contributed by atoms with E-state index < -0.39 is 0 Å². The van der Waals surface area contributed by atoms with Gasteiger partial charge in [-0.2, -0.15) is 10.5 Å². The third-order valence-electron chi connectivity index (χ3n) is 18.1. The topological polar surface area (TPSA) is 119 Å². The average molecular weight is 1170 g/mol. The molecule has 0 unspecified atom stereocenters. The van der Waals surface area contributed by atoms with Crippen LogP contribution in [0.3, 0.4) is 0 Å². The number of hydrogen-bond acceptors (Lipinski definition) is 6. The van der Waals surface area contributed by atoms with Crippen molar-refractivity contribution in [2.75, 3.05) is 0 Å². The minimum atomic E-state index is 0.549. The summed E-state index contributed by atoms with van der Waals surface area (Å²) < 4.78 is 9.38. The SMILES string of the molecule is N#Cc1ccc(-c2ccnc(-n3c4ccccc4c4c3ccc3c5cccc(-c6cccc(-c7cc(-c8cccc(C#N)c8)nc(-c8ccc(-n9c%10ccccc%10c%10c9ccc9c%11ccccc%11n(-c%11ccccc%11)c9%10)cc8)n7)c6)c5n(-c5ccccc5)c34)n2)cc1. The minimum absolute atomic E-state index is 0.549. The monoisotopic (exact) mass is 1170 g/mol. The van der Waals surface area contributed by atoms with Crippen molar-refractivity contribution in [3.63, 3.8) is 0 Å². The van der Waals surface area contributed by atoms with Crippen LogP contribution in [-0.2, 0) is 0 Å². The van der Waals surface area contributed by atoms with Crippen LogP contribution in [-0.4, -0.2) is 38.2 Å². The normalized spacial score (nSPS) is 11.7. The zero-order valence-corrected chi connectivity index (χ0v) is 49.2. The first-order chi connectivity index (χ1) is 45.5. The molecule has 18 aromatic rings. The summed E-state index contributed by atoms with van der Waals surface area (Å²) in [5, 5.41) is 28.8. The Labute approximate surface area is 526 Å². The summed E-state index contributed by atoms with van der Waals surface area (Å²) in [5.41, 5.74) is 20.7. The molecule has 12 aromatic carbocycles. The molecule has 0 spiro atoms. The van der Waals surface area contributed by atoms with Crippen LogP contribution in [0.1, 0.15) is 11.1 Å². The molecule has 0 aliphatic rings. The summed E-state index contributed by atoms with van der Waals surface area (Å²) in [4.78, 5) is 20.8. The Morgan fingerprint density at radius 2 is 0.793 bits per heavy atom. The van der Waals surface area contributed by atoms with E-state index in [4.69, 9.17) is 19.9 Å². The molecule has 0 N–H and O–H groups in total. The number of benzene rings is 12. The van der Waals surface area contributed by atoms with Crippen molar-refractivity contribution in [3.05, 3.63) is 302 Å². The van der Waals surface area contributed by atoms with Crippen LogP contribution in [0, 0.1) is 22.7 Å². The van der Waals surface area contributed by atoms with Crippen molar-refractivity contribution in [1.29, 1.82) is 10.5 Å². The van der Waals surface area contributed by atoms with Gasteiger partial charge in [-0.3, -0.25) is 4.57 Å². The fourth-order valence-electron chi connectivity index (χ4n) is 14.1. The number of aromatic nitrogens is 8. The number of hydrogen-bond donors (Lipinski definition) is 0. The Kier molecular flexibility index (Phi) is 11.8. The van der Waals surface area contributed by atoms with Crippen molar-refractivity contribution in [2.24, 2.45) is 0 Å². The summed E-state index contributed by atoms with van der Waals surface area (Å²) in [6.45, 7) is 0. The molecule has 6 heterocycles. The summed E-state index contributed by atoms with van der Waals surface area (Å²) in [6.07, 6.45) is 1.80. The van der Waals surface area contributed by atoms with E-state index in [-0.39, 0.29) is 0 Å². The number of fused-ring (bicyclic) bond motifs is 14. The van der Waals surface area contributed by atoms with Gasteiger partial charge in [0, 0.05) is 94.2 Å². The van der Waals surface area contributed by atoms with Crippen LogP contribution in [0.4, 0.5) is 0 Å². The van der Waals surface area contributed by atoms with Gasteiger partial charge in [0.1, 0.15) is 0 Å². The molecule has 0 atom stereocenters. The first-order valence-corrected chi connectivity index (χ1v) is 30.6. The van der Waals surface area contributed by atoms with E-state index in [1.807, 2.05) is 60.7 Å². The van der Waals surface area contributed by atoms with Crippen LogP contribution >= 0.6 is 0 Å². The number of nitriles is 2. The van der Waals surface area contributed by atoms with E-state index in [1.165, 1.54) is 32.6 Å². The lowest BCUT2D eigenvalue weighted by atomic mass is 9.98. The quantitative estimate of drug-likeness (QED) is 0.142. The molecule has 0 fully saturated rings. The van der Waals surface area contributed by atoms with Gasteiger partial charge >= 0.3 is 0 Å². The minimum Gasteiger partial charge on any atom is -0.309 e. The largest absolute Gasteiger partial charge is 0.309 e. The Hall–Kier alpha value is -13.0. The Morgan fingerprint density at radius 3 is 1.48 bits per heavy atom. The van der Waals surface area contributed by atoms with Gasteiger partial charge in [0.15, 0.2) is 5.82 Å². The molecule has 0 aliphatic heterocycles. The lowest BCUT2D eigenvalue weighted by molar-refractivity contribution is 0.992. The maximum atomic E-state index is 10.1. The maximum Gasteiger partial charge on any atom is 0.235 e. The molecular weight excluding hydrogens is 1120 g/mol. The van der Waals surface area contributed by atoms with Crippen LogP contribution in [0.2, 0.25) is 0 Å². The molecule has 10 nitrogen and oxygen atoms in total. The third kappa shape index (κ3) is 8.12. The molecule has 0 radical (unpaired) electrons. The van der Waals surface area contributed by atoms with Gasteiger partial charge in [0.2, 0.25) is 5.95 Å². The first kappa shape index (κ1) is 52.1. The summed E-state index contributed by atoms with van der Waals surface area (Å²) in [7, 11) is 0. The Bertz CT molecular complexity index is 6140. The molecular formula is C82H48N10. The highest BCUT2D eigenvalue weighted by Gasteiger charge is 2.26. The number of rotatable bonds is 9. The van der Waals surface area contributed by atoms with Gasteiger partial charge in [-0.15, -0.1) is 0 Å². The molecule has 0 bridgehead atoms. The smallest absolute Gasteiger partial charge is 0.235 e. The van der Waals surface area contributed by atoms with Crippen LogP contribution < -0.4 is 0 Å². The molecule has 0 aliphatic carbocycles. The van der Waals surface area contributed by atoms with Gasteiger partial charge in [-0.25, -0.2) is 19.9 Å². The van der Waals surface area contributed by atoms with Crippen molar-refractivity contribution < 1.29 is 0 Å². The van der Waals surface area contributed by atoms with E-state index >= 15 is 0 Å². The van der Waals surface area contributed by atoms with Gasteiger partial charge in [-0.05, 0) is 127 Å². The molecule has 0 saturated heterocycles. The van der Waals surface area contributed by atoms with Crippen molar-refractivity contribution in [2.45, 2.75) is 0 Å². The predicted molar refractivity (Wildman–Crippen MR) is 372 cm³/mol. The molecule has 6 aromatic heterocycles. The van der Waals surface area contributed by atoms with E-state index in [0.29, 0.717) is 28.6 Å². The van der Waals surface area contributed by atoms with Gasteiger partial charge in [0.05, 0.1) is 84.5 Å². The van der Waals surface area contributed by atoms with Crippen LogP contribution in [0.15, 0.2) is 291 Å². The van der Waals surface area contributed by atoms with E-state index in [1.54, 1.807) is 6.20 Å². The zero-order chi connectivity index (χ0) is 61.0. The van der Waals surface area contributed by atoms with Crippen LogP contribution in [0.25, 0.3) is 167 Å². The standard InChI is InChI=1S/C82H48N10/c83-49-51-32-34-53(35-33-51)68-44-45-85-82(88-68)92-73-31-12-9-26-67(73)77-75(92)43-41-65-63-28-15-27-61(78(63)91(80(65)77)59-22-5-2-6-23-59)55-17-14-19-57(47-55)70-48-69(56-18-13-16-52(46-56)50-84)86-81(87-70)54-36-38-60(39-37-54)89-72-30-11-8-25-66(72)76-74(89)42-40-64-62-24-7-10-29-71(62)90(79(64)76)58-20-3-1-4-21-58/h1-48H. The van der Waals surface area contributed by atoms with E-state index in [9.17, 15) is 10.5 Å². The van der Waals surface area contributed by atoms with Crippen molar-refractivity contribution >= 4 is 87.2 Å². The van der Waals surface area contributed by atoms with Gasteiger partial charge in [-0.1, -0.05) is 164 Å². The second-order valence-electron chi connectivity index (χ2n) is 23.2. The Morgan fingerprint density at radius 1 is 0.283 bits per heavy atom. The lowest BCUT2D eigenvalue weighted by Crippen LogP contribution is -2.01. The zero-order valence-electron chi connectivity index (χ0n) is 49.2. The summed E-state index contributed by atoms with van der Waals surface area (Å²) in [5.74, 6) is 1.11. The summed E-state index contributed by atoms with van der Waals surface area (Å²) in [6, 6.07) is 104. The fourth-order valence-corrected chi connectivity index (χ4v) is 14.1. The lowest BCUT2D eigenvalue weighted by Gasteiger charge is -2.14. The molecule has 10 heteroatoms. The third-order valence-corrected chi connectivity index (χ3v) is 18.1. The van der Waals surface area contributed by atoms with Crippen molar-refractivity contribution in [1.82, 2.24) is 38.2 Å². The predicted octanol–water partition coefficient (Wildman–Crippen LogP) is 19.7. The van der Waals surface area contributed by atoms with Gasteiger partial charge < -0.3 is 13.7 Å². The van der Waals surface area contributed by atoms with E-state index in [2.05, 4.69) is 255 Å². The molecule has 92 heavy (non-hydrogen) atoms. The van der Waals surface area contributed by atoms with Crippen molar-refractivity contribution in [3.8, 4) is 91.4 Å². The maximum absolute atomic E-state index is 10.1. The molecule has 426 valence electrons. The first-order valence-electron chi connectivity index (χ1n) is 30.6. The van der Waals surface area contributed by atoms with E-state index in [0.717, 1.165) is 116 Å². The second-order valence-corrected chi connectivity index (χ2v) is 23.2. The highest BCUT2D eigenvalue weighted by atomic mass is 15.2. The summed E-state index contributed by atoms with van der Waals surface area (Å²) >= 11 is 0. The van der Waals surface area contributed by atoms with Crippen LogP contribution in [0.5, 0.6) is 0 Å². The molecule has 0 saturated carbocycles. The second kappa shape index (κ2) is 20.8. The average Bonchev–Trinajstić information content (AvgIpc) is 1.55. The van der Waals surface area contributed by atoms with Gasteiger partial charge in [0.25, 0.3) is 0 Å². The Balaban J connectivity index is 0.790. The number of para-hydroxylation sites is 6.